The molecular formula is C12H13N3O2S. The van der Waals surface area contributed by atoms with Crippen LogP contribution >= 0.6 is 12.2 Å². The summed E-state index contributed by atoms with van der Waals surface area (Å²) in [6, 6.07) is 6.73. The lowest BCUT2D eigenvalue weighted by Crippen LogP contribution is -2.35. The standard InChI is InChI=1S/C12H13N3O2S/c13-10(16)8-3-1-2-4-9(8)14-12(18)15-11(17)7-5-6-7/h1-4,7H,5-6H2,(H2,13,16)(H2,14,15,17,18). The van der Waals surface area contributed by atoms with Crippen LogP contribution in [0.2, 0.25) is 0 Å². The molecule has 1 aromatic rings. The van der Waals surface area contributed by atoms with Gasteiger partial charge in [0, 0.05) is 5.92 Å². The van der Waals surface area contributed by atoms with Gasteiger partial charge in [0.1, 0.15) is 0 Å². The molecule has 1 saturated carbocycles. The zero-order valence-corrected chi connectivity index (χ0v) is 10.4. The van der Waals surface area contributed by atoms with Crippen molar-refractivity contribution in [2.75, 3.05) is 5.32 Å². The minimum absolute atomic E-state index is 0.0796. The summed E-state index contributed by atoms with van der Waals surface area (Å²) in [7, 11) is 0. The first kappa shape index (κ1) is 12.5. The molecular weight excluding hydrogens is 250 g/mol. The van der Waals surface area contributed by atoms with Crippen molar-refractivity contribution in [3.05, 3.63) is 29.8 Å². The summed E-state index contributed by atoms with van der Waals surface area (Å²) in [5.41, 5.74) is 6.07. The predicted molar refractivity (Wildman–Crippen MR) is 72.0 cm³/mol. The number of rotatable bonds is 3. The molecule has 1 fully saturated rings. The number of carbonyl (C=O) groups excluding carboxylic acids is 2. The van der Waals surface area contributed by atoms with E-state index in [-0.39, 0.29) is 16.9 Å². The Morgan fingerprint density at radius 3 is 2.56 bits per heavy atom. The lowest BCUT2D eigenvalue weighted by atomic mass is 10.1. The van der Waals surface area contributed by atoms with E-state index in [4.69, 9.17) is 18.0 Å². The van der Waals surface area contributed by atoms with Crippen LogP contribution in [0.25, 0.3) is 0 Å². The van der Waals surface area contributed by atoms with Gasteiger partial charge >= 0.3 is 0 Å². The molecule has 1 aromatic carbocycles. The topological polar surface area (TPSA) is 84.2 Å². The Morgan fingerprint density at radius 1 is 1.28 bits per heavy atom. The monoisotopic (exact) mass is 263 g/mol. The largest absolute Gasteiger partial charge is 0.366 e. The number of para-hydroxylation sites is 1. The van der Waals surface area contributed by atoms with Crippen molar-refractivity contribution in [3.63, 3.8) is 0 Å². The Kier molecular flexibility index (Phi) is 3.57. The summed E-state index contributed by atoms with van der Waals surface area (Å²) in [5, 5.41) is 5.57. The van der Waals surface area contributed by atoms with Gasteiger partial charge in [0.15, 0.2) is 5.11 Å². The Balaban J connectivity index is 2.02. The van der Waals surface area contributed by atoms with Crippen molar-refractivity contribution in [2.24, 2.45) is 11.7 Å². The van der Waals surface area contributed by atoms with Crippen LogP contribution in [0.5, 0.6) is 0 Å². The van der Waals surface area contributed by atoms with E-state index in [1.807, 2.05) is 0 Å². The van der Waals surface area contributed by atoms with Crippen LogP contribution in [0.4, 0.5) is 5.69 Å². The quantitative estimate of drug-likeness (QED) is 0.711. The molecule has 0 unspecified atom stereocenters. The van der Waals surface area contributed by atoms with E-state index in [0.717, 1.165) is 12.8 Å². The van der Waals surface area contributed by atoms with Gasteiger partial charge in [0.25, 0.3) is 5.91 Å². The van der Waals surface area contributed by atoms with E-state index in [9.17, 15) is 9.59 Å². The fourth-order valence-electron chi connectivity index (χ4n) is 1.52. The number of nitrogens with one attached hydrogen (secondary N) is 2. The van der Waals surface area contributed by atoms with E-state index >= 15 is 0 Å². The highest BCUT2D eigenvalue weighted by molar-refractivity contribution is 7.80. The second kappa shape index (κ2) is 5.14. The maximum atomic E-state index is 11.5. The zero-order valence-electron chi connectivity index (χ0n) is 9.60. The van der Waals surface area contributed by atoms with Crippen molar-refractivity contribution in [2.45, 2.75) is 12.8 Å². The number of hydrogen-bond donors (Lipinski definition) is 3. The molecule has 18 heavy (non-hydrogen) atoms. The van der Waals surface area contributed by atoms with Crippen molar-refractivity contribution in [1.82, 2.24) is 5.32 Å². The van der Waals surface area contributed by atoms with Gasteiger partial charge in [-0.2, -0.15) is 0 Å². The normalized spacial score (nSPS) is 13.8. The van der Waals surface area contributed by atoms with Crippen LogP contribution in [0.1, 0.15) is 23.2 Å². The maximum absolute atomic E-state index is 11.5. The SMILES string of the molecule is NC(=O)c1ccccc1NC(=S)NC(=O)C1CC1. The molecule has 0 atom stereocenters. The molecule has 2 amide bonds. The van der Waals surface area contributed by atoms with Crippen LogP contribution in [0.15, 0.2) is 24.3 Å². The Hall–Kier alpha value is -1.95. The molecule has 2 rings (SSSR count). The molecule has 0 aliphatic heterocycles. The Morgan fingerprint density at radius 2 is 1.94 bits per heavy atom. The minimum atomic E-state index is -0.547. The minimum Gasteiger partial charge on any atom is -0.366 e. The van der Waals surface area contributed by atoms with Crippen LogP contribution < -0.4 is 16.4 Å². The van der Waals surface area contributed by atoms with Crippen LogP contribution in [0, 0.1) is 5.92 Å². The molecule has 0 bridgehead atoms. The van der Waals surface area contributed by atoms with E-state index in [1.54, 1.807) is 24.3 Å². The molecule has 0 saturated heterocycles. The van der Waals surface area contributed by atoms with Gasteiger partial charge in [0.2, 0.25) is 5.91 Å². The third-order valence-electron chi connectivity index (χ3n) is 2.63. The summed E-state index contributed by atoms with van der Waals surface area (Å²) < 4.78 is 0. The van der Waals surface area contributed by atoms with Crippen molar-refractivity contribution >= 4 is 34.8 Å². The number of carbonyl (C=O) groups is 2. The van der Waals surface area contributed by atoms with Gasteiger partial charge in [-0.1, -0.05) is 12.1 Å². The Labute approximate surface area is 110 Å². The number of benzene rings is 1. The number of thiocarbonyl (C=S) groups is 1. The van der Waals surface area contributed by atoms with Gasteiger partial charge in [0.05, 0.1) is 11.3 Å². The van der Waals surface area contributed by atoms with Gasteiger partial charge in [-0.05, 0) is 37.2 Å². The van der Waals surface area contributed by atoms with Gasteiger partial charge in [-0.15, -0.1) is 0 Å². The third-order valence-corrected chi connectivity index (χ3v) is 2.83. The van der Waals surface area contributed by atoms with Crippen molar-refractivity contribution < 1.29 is 9.59 Å². The first-order chi connectivity index (χ1) is 8.58. The molecule has 0 heterocycles. The van der Waals surface area contributed by atoms with Crippen LogP contribution in [0.3, 0.4) is 0 Å². The predicted octanol–water partition coefficient (Wildman–Crippen LogP) is 1.01. The fourth-order valence-corrected chi connectivity index (χ4v) is 1.73. The number of amides is 2. The second-order valence-corrected chi connectivity index (χ2v) is 4.54. The van der Waals surface area contributed by atoms with E-state index in [0.29, 0.717) is 11.3 Å². The first-order valence-electron chi connectivity index (χ1n) is 5.58. The third kappa shape index (κ3) is 3.04. The number of nitrogens with two attached hydrogens (primary N) is 1. The van der Waals surface area contributed by atoms with E-state index in [1.165, 1.54) is 0 Å². The molecule has 1 aliphatic carbocycles. The maximum Gasteiger partial charge on any atom is 0.250 e. The zero-order chi connectivity index (χ0) is 13.1. The molecule has 0 spiro atoms. The average Bonchev–Trinajstić information content (AvgIpc) is 3.12. The van der Waals surface area contributed by atoms with Gasteiger partial charge < -0.3 is 16.4 Å². The molecule has 1 aliphatic rings. The number of primary amides is 1. The Bertz CT molecular complexity index is 512. The molecule has 0 aromatic heterocycles. The summed E-state index contributed by atoms with van der Waals surface area (Å²) in [5.74, 6) is -0.547. The van der Waals surface area contributed by atoms with E-state index < -0.39 is 5.91 Å². The lowest BCUT2D eigenvalue weighted by Gasteiger charge is -2.11. The number of anilines is 1. The second-order valence-electron chi connectivity index (χ2n) is 4.13. The average molecular weight is 263 g/mol. The fraction of sp³-hybridized carbons (Fsp3) is 0.250. The highest BCUT2D eigenvalue weighted by Crippen LogP contribution is 2.28. The lowest BCUT2D eigenvalue weighted by molar-refractivity contribution is -0.120. The van der Waals surface area contributed by atoms with E-state index in [2.05, 4.69) is 10.6 Å². The van der Waals surface area contributed by atoms with Crippen LogP contribution in [-0.2, 0) is 4.79 Å². The summed E-state index contributed by atoms with van der Waals surface area (Å²) >= 11 is 5.01. The summed E-state index contributed by atoms with van der Waals surface area (Å²) in [6.45, 7) is 0. The smallest absolute Gasteiger partial charge is 0.250 e. The van der Waals surface area contributed by atoms with Gasteiger partial charge in [-0.3, -0.25) is 9.59 Å². The molecule has 4 N–H and O–H groups in total. The highest BCUT2D eigenvalue weighted by atomic mass is 32.1. The molecule has 94 valence electrons. The van der Waals surface area contributed by atoms with Crippen molar-refractivity contribution in [3.8, 4) is 0 Å². The molecule has 0 radical (unpaired) electrons. The van der Waals surface area contributed by atoms with Gasteiger partial charge in [-0.25, -0.2) is 0 Å². The number of hydrogen-bond acceptors (Lipinski definition) is 3. The highest BCUT2D eigenvalue weighted by Gasteiger charge is 2.30. The molecule has 5 nitrogen and oxygen atoms in total. The molecule has 6 heteroatoms. The summed E-state index contributed by atoms with van der Waals surface area (Å²) in [4.78, 5) is 22.7. The first-order valence-corrected chi connectivity index (χ1v) is 5.99. The van der Waals surface area contributed by atoms with Crippen LogP contribution in [-0.4, -0.2) is 16.9 Å². The summed E-state index contributed by atoms with van der Waals surface area (Å²) in [6.07, 6.45) is 1.82. The van der Waals surface area contributed by atoms with Crippen molar-refractivity contribution in [1.29, 1.82) is 0 Å².